The van der Waals surface area contributed by atoms with Gasteiger partial charge in [-0.3, -0.25) is 14.6 Å². The number of nitrogens with two attached hydrogens (primary N) is 1. The van der Waals surface area contributed by atoms with Crippen LogP contribution in [-0.4, -0.2) is 75.7 Å². The lowest BCUT2D eigenvalue weighted by Crippen LogP contribution is -2.42. The Hall–Kier alpha value is -3.87. The molecule has 0 aromatic carbocycles. The van der Waals surface area contributed by atoms with E-state index in [1.165, 1.54) is 6.20 Å². The van der Waals surface area contributed by atoms with Crippen LogP contribution in [0.3, 0.4) is 0 Å². The minimum Gasteiger partial charge on any atom is -0.381 e. The number of aromatic nitrogens is 4. The molecule has 11 nitrogen and oxygen atoms in total. The summed E-state index contributed by atoms with van der Waals surface area (Å²) in [6.45, 7) is 2.14. The van der Waals surface area contributed by atoms with E-state index in [1.54, 1.807) is 12.0 Å². The van der Waals surface area contributed by atoms with Crippen molar-refractivity contribution in [1.29, 1.82) is 0 Å². The van der Waals surface area contributed by atoms with Gasteiger partial charge in [-0.1, -0.05) is 0 Å². The summed E-state index contributed by atoms with van der Waals surface area (Å²) in [6, 6.07) is 0. The van der Waals surface area contributed by atoms with Crippen molar-refractivity contribution < 1.29 is 23.1 Å². The Morgan fingerprint density at radius 1 is 1.14 bits per heavy atom. The number of nitrogens with one attached hydrogen (secondary N) is 1. The summed E-state index contributed by atoms with van der Waals surface area (Å²) in [5, 5.41) is 6.57. The summed E-state index contributed by atoms with van der Waals surface area (Å²) in [6.07, 6.45) is 6.43. The van der Waals surface area contributed by atoms with Crippen LogP contribution in [-0.2, 0) is 9.53 Å². The number of piperidine rings is 1. The van der Waals surface area contributed by atoms with Crippen LogP contribution in [0.25, 0.3) is 5.65 Å². The van der Waals surface area contributed by atoms with Gasteiger partial charge >= 0.3 is 0 Å². The average molecular weight is 501 g/mol. The summed E-state index contributed by atoms with van der Waals surface area (Å²) in [7, 11) is 1.65. The highest BCUT2D eigenvalue weighted by Crippen LogP contribution is 2.33. The SMILES string of the molecule is COC1CCN(C(=O)C2CCN(c3c(F)cncc3NC(=O)c3c(N)nn4cc(F)cnc34)CC2)C1. The number of nitrogen functional groups attached to an aromatic ring is 1. The van der Waals surface area contributed by atoms with Crippen molar-refractivity contribution in [3.05, 3.63) is 42.0 Å². The van der Waals surface area contributed by atoms with Crippen molar-refractivity contribution in [3.8, 4) is 0 Å². The van der Waals surface area contributed by atoms with Gasteiger partial charge < -0.3 is 25.6 Å². The molecule has 2 aliphatic rings. The normalized spacial score (nSPS) is 18.7. The van der Waals surface area contributed by atoms with Crippen molar-refractivity contribution in [3.63, 3.8) is 0 Å². The molecule has 2 saturated heterocycles. The van der Waals surface area contributed by atoms with E-state index in [0.717, 1.165) is 29.5 Å². The monoisotopic (exact) mass is 500 g/mol. The number of carbonyl (C=O) groups excluding carboxylic acids is 2. The summed E-state index contributed by atoms with van der Waals surface area (Å²) in [5.74, 6) is -2.11. The molecule has 0 saturated carbocycles. The highest BCUT2D eigenvalue weighted by molar-refractivity contribution is 6.12. The van der Waals surface area contributed by atoms with Crippen molar-refractivity contribution in [1.82, 2.24) is 24.5 Å². The maximum absolute atomic E-state index is 14.9. The zero-order valence-corrected chi connectivity index (χ0v) is 19.7. The molecule has 2 aliphatic heterocycles. The zero-order chi connectivity index (χ0) is 25.4. The van der Waals surface area contributed by atoms with E-state index in [1.807, 2.05) is 4.90 Å². The number of hydrogen-bond acceptors (Lipinski definition) is 8. The number of pyridine rings is 1. The molecule has 0 radical (unpaired) electrons. The van der Waals surface area contributed by atoms with Gasteiger partial charge in [0, 0.05) is 39.2 Å². The van der Waals surface area contributed by atoms with Gasteiger partial charge in [-0.15, -0.1) is 5.10 Å². The highest BCUT2D eigenvalue weighted by Gasteiger charge is 2.34. The standard InChI is InChI=1S/C23H26F2N8O3/c1-36-15-4-7-32(12-15)23(35)13-2-5-31(6-3-13)19-16(25)9-27-10-17(19)29-22(34)18-20(26)30-33-11-14(24)8-28-21(18)33/h8-11,13,15H,2-7,12H2,1H3,(H2,26,30)(H,29,34). The van der Waals surface area contributed by atoms with E-state index in [4.69, 9.17) is 10.5 Å². The molecular weight excluding hydrogens is 474 g/mol. The fraction of sp³-hybridized carbons (Fsp3) is 0.435. The molecule has 1 unspecified atom stereocenters. The second kappa shape index (κ2) is 9.64. The molecule has 0 aliphatic carbocycles. The van der Waals surface area contributed by atoms with Gasteiger partial charge in [0.05, 0.1) is 36.6 Å². The van der Waals surface area contributed by atoms with E-state index >= 15 is 0 Å². The number of amides is 2. The van der Waals surface area contributed by atoms with Gasteiger partial charge in [0.15, 0.2) is 23.1 Å². The fourth-order valence-corrected chi connectivity index (χ4v) is 4.90. The second-order valence-corrected chi connectivity index (χ2v) is 8.96. The molecule has 36 heavy (non-hydrogen) atoms. The summed E-state index contributed by atoms with van der Waals surface area (Å²) in [5.41, 5.74) is 6.21. The lowest BCUT2D eigenvalue weighted by atomic mass is 9.95. The lowest BCUT2D eigenvalue weighted by molar-refractivity contribution is -0.135. The van der Waals surface area contributed by atoms with Gasteiger partial charge in [-0.05, 0) is 19.3 Å². The molecule has 1 atom stereocenters. The van der Waals surface area contributed by atoms with E-state index in [9.17, 15) is 18.4 Å². The Morgan fingerprint density at radius 2 is 1.92 bits per heavy atom. The molecule has 5 rings (SSSR count). The molecule has 0 spiro atoms. The lowest BCUT2D eigenvalue weighted by Gasteiger charge is -2.35. The first kappa shape index (κ1) is 23.9. The maximum atomic E-state index is 14.9. The van der Waals surface area contributed by atoms with Crippen LogP contribution in [0, 0.1) is 17.6 Å². The van der Waals surface area contributed by atoms with Crippen LogP contribution >= 0.6 is 0 Å². The number of nitrogens with zero attached hydrogens (tertiary/aromatic N) is 6. The second-order valence-electron chi connectivity index (χ2n) is 8.96. The predicted octanol–water partition coefficient (Wildman–Crippen LogP) is 1.70. The Kier molecular flexibility index (Phi) is 6.39. The number of hydrogen-bond donors (Lipinski definition) is 2. The number of likely N-dealkylation sites (tertiary alicyclic amines) is 1. The molecule has 3 aromatic heterocycles. The van der Waals surface area contributed by atoms with Crippen LogP contribution in [0.2, 0.25) is 0 Å². The van der Waals surface area contributed by atoms with E-state index in [0.29, 0.717) is 39.0 Å². The van der Waals surface area contributed by atoms with Gasteiger partial charge in [-0.2, -0.15) is 0 Å². The van der Waals surface area contributed by atoms with Crippen LogP contribution in [0.5, 0.6) is 0 Å². The van der Waals surface area contributed by atoms with E-state index < -0.39 is 17.5 Å². The first-order valence-corrected chi connectivity index (χ1v) is 11.7. The highest BCUT2D eigenvalue weighted by atomic mass is 19.1. The first-order chi connectivity index (χ1) is 17.4. The zero-order valence-electron chi connectivity index (χ0n) is 19.7. The van der Waals surface area contributed by atoms with Crippen molar-refractivity contribution >= 4 is 34.7 Å². The number of fused-ring (bicyclic) bond motifs is 1. The van der Waals surface area contributed by atoms with Crippen LogP contribution in [0.1, 0.15) is 29.6 Å². The molecule has 190 valence electrons. The number of carbonyl (C=O) groups is 2. The molecule has 2 fully saturated rings. The first-order valence-electron chi connectivity index (χ1n) is 11.7. The van der Waals surface area contributed by atoms with Gasteiger partial charge in [0.25, 0.3) is 5.91 Å². The number of ether oxygens (including phenoxy) is 1. The Bertz CT molecular complexity index is 1310. The number of anilines is 3. The quantitative estimate of drug-likeness (QED) is 0.541. The molecule has 0 bridgehead atoms. The largest absolute Gasteiger partial charge is 0.381 e. The van der Waals surface area contributed by atoms with Crippen molar-refractivity contribution in [2.75, 3.05) is 49.2 Å². The number of halogens is 2. The van der Waals surface area contributed by atoms with Crippen molar-refractivity contribution in [2.45, 2.75) is 25.4 Å². The van der Waals surface area contributed by atoms with Gasteiger partial charge in [0.1, 0.15) is 11.3 Å². The molecule has 2 amide bonds. The average Bonchev–Trinajstić information content (AvgIpc) is 3.47. The molecule has 13 heteroatoms. The molecule has 5 heterocycles. The van der Waals surface area contributed by atoms with E-state index in [-0.39, 0.29) is 46.3 Å². The summed E-state index contributed by atoms with van der Waals surface area (Å²) < 4.78 is 34.9. The smallest absolute Gasteiger partial charge is 0.263 e. The minimum absolute atomic E-state index is 0.0607. The summed E-state index contributed by atoms with van der Waals surface area (Å²) in [4.78, 5) is 37.4. The van der Waals surface area contributed by atoms with Crippen LogP contribution in [0.15, 0.2) is 24.8 Å². The third-order valence-electron chi connectivity index (χ3n) is 6.77. The number of methoxy groups -OCH3 is 1. The Morgan fingerprint density at radius 3 is 2.64 bits per heavy atom. The summed E-state index contributed by atoms with van der Waals surface area (Å²) >= 11 is 0. The van der Waals surface area contributed by atoms with Gasteiger partial charge in [-0.25, -0.2) is 18.3 Å². The number of rotatable bonds is 5. The molecular formula is C23H26F2N8O3. The third-order valence-corrected chi connectivity index (χ3v) is 6.77. The molecule has 3 N–H and O–H groups in total. The Labute approximate surface area is 205 Å². The Balaban J connectivity index is 1.31. The van der Waals surface area contributed by atoms with Crippen LogP contribution in [0.4, 0.5) is 26.0 Å². The van der Waals surface area contributed by atoms with Crippen LogP contribution < -0.4 is 16.0 Å². The predicted molar refractivity (Wildman–Crippen MR) is 126 cm³/mol. The third kappa shape index (κ3) is 4.41. The van der Waals surface area contributed by atoms with Crippen molar-refractivity contribution in [2.24, 2.45) is 5.92 Å². The van der Waals surface area contributed by atoms with E-state index in [2.05, 4.69) is 20.4 Å². The minimum atomic E-state index is -0.679. The maximum Gasteiger partial charge on any atom is 0.263 e. The fourth-order valence-electron chi connectivity index (χ4n) is 4.90. The topological polar surface area (TPSA) is 131 Å². The molecule has 3 aromatic rings. The van der Waals surface area contributed by atoms with Gasteiger partial charge in [0.2, 0.25) is 5.91 Å².